The van der Waals surface area contributed by atoms with Crippen molar-refractivity contribution in [3.63, 3.8) is 0 Å². The summed E-state index contributed by atoms with van der Waals surface area (Å²) < 4.78 is 7.06. The highest BCUT2D eigenvalue weighted by Crippen LogP contribution is 2.25. The Morgan fingerprint density at radius 3 is 2.55 bits per heavy atom. The first kappa shape index (κ1) is 30.1. The minimum Gasteiger partial charge on any atom is -0.481 e. The summed E-state index contributed by atoms with van der Waals surface area (Å²) in [5.74, 6) is 0.447. The van der Waals surface area contributed by atoms with Gasteiger partial charge in [-0.1, -0.05) is 75.1 Å². The fraction of sp³-hybridized carbons (Fsp3) is 0.323. The number of carbonyl (C=O) groups is 1. The van der Waals surface area contributed by atoms with Gasteiger partial charge in [-0.15, -0.1) is 0 Å². The van der Waals surface area contributed by atoms with Crippen LogP contribution in [0.15, 0.2) is 96.0 Å². The molecular formula is C31H41N5O2. The van der Waals surface area contributed by atoms with Crippen molar-refractivity contribution in [2.75, 3.05) is 33.8 Å². The third-order valence-electron chi connectivity index (χ3n) is 5.91. The Morgan fingerprint density at radius 2 is 1.92 bits per heavy atom. The molecule has 0 atom stereocenters. The molecule has 1 aliphatic heterocycles. The summed E-state index contributed by atoms with van der Waals surface area (Å²) in [5.41, 5.74) is 4.05. The van der Waals surface area contributed by atoms with E-state index in [0.29, 0.717) is 37.6 Å². The van der Waals surface area contributed by atoms with Crippen molar-refractivity contribution in [1.82, 2.24) is 19.6 Å². The Bertz CT molecular complexity index is 1200. The highest BCUT2D eigenvalue weighted by Gasteiger charge is 2.22. The van der Waals surface area contributed by atoms with Gasteiger partial charge in [-0.2, -0.15) is 5.10 Å². The molecule has 0 saturated heterocycles. The van der Waals surface area contributed by atoms with E-state index in [0.717, 1.165) is 22.7 Å². The number of aromatic nitrogens is 2. The lowest BCUT2D eigenvalue weighted by Gasteiger charge is -2.26. The Hall–Kier alpha value is -4.13. The van der Waals surface area contributed by atoms with Crippen LogP contribution in [0.2, 0.25) is 0 Å². The van der Waals surface area contributed by atoms with Crippen molar-refractivity contribution in [1.29, 1.82) is 0 Å². The summed E-state index contributed by atoms with van der Waals surface area (Å²) in [5, 5.41) is 4.75. The molecule has 1 aromatic carbocycles. The van der Waals surface area contributed by atoms with Crippen molar-refractivity contribution in [3.05, 3.63) is 96.7 Å². The molecule has 0 radical (unpaired) electrons. The first-order valence-electron chi connectivity index (χ1n) is 13.1. The van der Waals surface area contributed by atoms with E-state index >= 15 is 0 Å². The summed E-state index contributed by atoms with van der Waals surface area (Å²) in [6.45, 7) is 13.6. The SMILES string of the molecule is C=C/C=C\C(=C/C)N(C)CCN(CC)C(=O)c1cc(-c2ccccc2)n(C2=CCC=C(OC)N=C2)n1.CC. The number of nitrogens with zero attached hydrogens (tertiary/aromatic N) is 5. The van der Waals surface area contributed by atoms with Crippen molar-refractivity contribution in [2.45, 2.75) is 34.1 Å². The molecule has 1 amide bonds. The molecule has 0 fully saturated rings. The fourth-order valence-electron chi connectivity index (χ4n) is 3.87. The molecule has 2 heterocycles. The first-order valence-corrected chi connectivity index (χ1v) is 13.1. The van der Waals surface area contributed by atoms with E-state index < -0.39 is 0 Å². The zero-order valence-corrected chi connectivity index (χ0v) is 23.6. The van der Waals surface area contributed by atoms with Crippen molar-refractivity contribution < 1.29 is 9.53 Å². The molecule has 0 unspecified atom stereocenters. The van der Waals surface area contributed by atoms with E-state index in [1.165, 1.54) is 0 Å². The molecular weight excluding hydrogens is 474 g/mol. The number of aliphatic imine (C=N–C) groups is 1. The van der Waals surface area contributed by atoms with E-state index in [2.05, 4.69) is 16.5 Å². The van der Waals surface area contributed by atoms with Crippen LogP contribution in [0.4, 0.5) is 0 Å². The van der Waals surface area contributed by atoms with Crippen LogP contribution in [0.5, 0.6) is 0 Å². The molecule has 1 aliphatic rings. The summed E-state index contributed by atoms with van der Waals surface area (Å²) in [6, 6.07) is 11.8. The van der Waals surface area contributed by atoms with Gasteiger partial charge in [0.1, 0.15) is 0 Å². The predicted molar refractivity (Wildman–Crippen MR) is 159 cm³/mol. The van der Waals surface area contributed by atoms with Crippen LogP contribution < -0.4 is 0 Å². The Morgan fingerprint density at radius 1 is 1.18 bits per heavy atom. The average Bonchev–Trinajstić information content (AvgIpc) is 3.27. The van der Waals surface area contributed by atoms with Gasteiger partial charge in [0.25, 0.3) is 5.91 Å². The van der Waals surface area contributed by atoms with E-state index in [9.17, 15) is 4.79 Å². The number of rotatable bonds is 11. The highest BCUT2D eigenvalue weighted by molar-refractivity contribution is 6.04. The molecule has 7 heteroatoms. The van der Waals surface area contributed by atoms with Gasteiger partial charge >= 0.3 is 0 Å². The van der Waals surface area contributed by atoms with E-state index in [1.807, 2.05) is 106 Å². The normalized spacial score (nSPS) is 13.2. The molecule has 7 nitrogen and oxygen atoms in total. The molecule has 1 aromatic heterocycles. The van der Waals surface area contributed by atoms with Gasteiger partial charge in [0.05, 0.1) is 24.7 Å². The maximum atomic E-state index is 13.6. The van der Waals surface area contributed by atoms with Gasteiger partial charge in [0, 0.05) is 37.9 Å². The molecule has 38 heavy (non-hydrogen) atoms. The van der Waals surface area contributed by atoms with Gasteiger partial charge in [-0.05, 0) is 38.5 Å². The summed E-state index contributed by atoms with van der Waals surface area (Å²) in [6.07, 6.45) is 14.0. The minimum absolute atomic E-state index is 0.104. The zero-order chi connectivity index (χ0) is 27.9. The molecule has 2 aromatic rings. The lowest BCUT2D eigenvalue weighted by molar-refractivity contribution is 0.0749. The standard InChI is InChI=1S/C29H35N5O2.C2H6/c1-6-9-16-24(7-2)32(4)19-20-33(8-3)29(35)26-21-27(23-14-11-10-12-15-23)34(31-26)25-17-13-18-28(36-5)30-22-25;1-2/h6-7,9-12,14-18,21-22H,1,8,13,19-20H2,2-5H3;1-2H3/b16-9-,24-7+;. The smallest absolute Gasteiger partial charge is 0.274 e. The number of carbonyl (C=O) groups excluding carboxylic acids is 1. The van der Waals surface area contributed by atoms with Crippen LogP contribution in [0.25, 0.3) is 17.0 Å². The summed E-state index contributed by atoms with van der Waals surface area (Å²) >= 11 is 0. The molecule has 0 saturated carbocycles. The Kier molecular flexibility index (Phi) is 12.6. The number of methoxy groups -OCH3 is 1. The third-order valence-corrected chi connectivity index (χ3v) is 5.91. The maximum absolute atomic E-state index is 13.6. The summed E-state index contributed by atoms with van der Waals surface area (Å²) in [7, 11) is 3.61. The van der Waals surface area contributed by atoms with E-state index in [4.69, 9.17) is 9.84 Å². The zero-order valence-electron chi connectivity index (χ0n) is 23.6. The second kappa shape index (κ2) is 15.9. The molecule has 3 rings (SSSR count). The molecule has 202 valence electrons. The summed E-state index contributed by atoms with van der Waals surface area (Å²) in [4.78, 5) is 21.9. The van der Waals surface area contributed by atoms with Crippen LogP contribution in [-0.2, 0) is 4.74 Å². The third kappa shape index (κ3) is 7.93. The van der Waals surface area contributed by atoms with Gasteiger partial charge in [-0.3, -0.25) is 4.79 Å². The van der Waals surface area contributed by atoms with E-state index in [-0.39, 0.29) is 5.91 Å². The lowest BCUT2D eigenvalue weighted by Crippen LogP contribution is -2.37. The molecule has 0 aliphatic carbocycles. The van der Waals surface area contributed by atoms with Crippen molar-refractivity contribution >= 4 is 17.8 Å². The fourth-order valence-corrected chi connectivity index (χ4v) is 3.87. The topological polar surface area (TPSA) is 63.0 Å². The number of amides is 1. The molecule has 0 spiro atoms. The molecule has 0 N–H and O–H groups in total. The minimum atomic E-state index is -0.104. The van der Waals surface area contributed by atoms with E-state index in [1.54, 1.807) is 24.1 Å². The monoisotopic (exact) mass is 515 g/mol. The van der Waals surface area contributed by atoms with Crippen molar-refractivity contribution in [2.24, 2.45) is 4.99 Å². The molecule has 0 bridgehead atoms. The van der Waals surface area contributed by atoms with Gasteiger partial charge < -0.3 is 14.5 Å². The maximum Gasteiger partial charge on any atom is 0.274 e. The number of hydrogen-bond acceptors (Lipinski definition) is 5. The van der Waals surface area contributed by atoms with Gasteiger partial charge in [-0.25, -0.2) is 9.67 Å². The van der Waals surface area contributed by atoms with Gasteiger partial charge in [0.15, 0.2) is 5.69 Å². The highest BCUT2D eigenvalue weighted by atomic mass is 16.5. The van der Waals surface area contributed by atoms with Crippen LogP contribution in [0.3, 0.4) is 0 Å². The quantitative estimate of drug-likeness (QED) is 0.324. The number of likely N-dealkylation sites (N-methyl/N-ethyl adjacent to an activating group) is 2. The van der Waals surface area contributed by atoms with Gasteiger partial charge in [0.2, 0.25) is 5.88 Å². The number of benzene rings is 1. The van der Waals surface area contributed by atoms with Crippen molar-refractivity contribution in [3.8, 4) is 11.3 Å². The first-order chi connectivity index (χ1) is 18.5. The number of allylic oxidation sites excluding steroid dienone is 7. The van der Waals surface area contributed by atoms with Crippen LogP contribution in [-0.4, -0.2) is 65.5 Å². The largest absolute Gasteiger partial charge is 0.481 e. The number of ether oxygens (including phenoxy) is 1. The lowest BCUT2D eigenvalue weighted by atomic mass is 10.1. The average molecular weight is 516 g/mol. The Labute approximate surface area is 227 Å². The Balaban J connectivity index is 0.00000247. The van der Waals surface area contributed by atoms with Crippen LogP contribution in [0.1, 0.15) is 44.6 Å². The van der Waals surface area contributed by atoms with Crippen LogP contribution in [0, 0.1) is 0 Å². The predicted octanol–water partition coefficient (Wildman–Crippen LogP) is 6.42. The number of hydrogen-bond donors (Lipinski definition) is 0. The second-order valence-corrected chi connectivity index (χ2v) is 8.18. The van der Waals surface area contributed by atoms with Crippen LogP contribution >= 0.6 is 0 Å². The second-order valence-electron chi connectivity index (χ2n) is 8.18.